The van der Waals surface area contributed by atoms with Crippen molar-refractivity contribution in [3.63, 3.8) is 0 Å². The van der Waals surface area contributed by atoms with E-state index in [-0.39, 0.29) is 0 Å². The van der Waals surface area contributed by atoms with Crippen LogP contribution in [-0.2, 0) is 0 Å². The van der Waals surface area contributed by atoms with E-state index in [4.69, 9.17) is 0 Å². The maximum Gasteiger partial charge on any atom is 0.0991 e. The first-order chi connectivity index (χ1) is 23.8. The monoisotopic (exact) mass is 609 g/mol. The number of hydrogen-bond donors (Lipinski definition) is 0. The fourth-order valence-corrected chi connectivity index (χ4v) is 7.87. The average molecular weight is 610 g/mol. The number of benzene rings is 8. The Kier molecular flexibility index (Phi) is 5.64. The van der Waals surface area contributed by atoms with Crippen LogP contribution < -0.4 is 0 Å². The van der Waals surface area contributed by atoms with Gasteiger partial charge in [-0.1, -0.05) is 109 Å². The van der Waals surface area contributed by atoms with Crippen molar-refractivity contribution in [1.82, 2.24) is 9.13 Å². The Balaban J connectivity index is 1.27. The zero-order valence-electron chi connectivity index (χ0n) is 25.9. The molecule has 3 nitrogen and oxygen atoms in total. The van der Waals surface area contributed by atoms with E-state index in [0.717, 1.165) is 22.1 Å². The maximum absolute atomic E-state index is 9.41. The second kappa shape index (κ2) is 10.2. The molecular formula is C45H27N3. The molecule has 0 aliphatic carbocycles. The number of hydrogen-bond acceptors (Lipinski definition) is 1. The highest BCUT2D eigenvalue weighted by Gasteiger charge is 2.21. The summed E-state index contributed by atoms with van der Waals surface area (Å²) in [6, 6.07) is 60.9. The summed E-state index contributed by atoms with van der Waals surface area (Å²) in [5, 5.41) is 19.0. The average Bonchev–Trinajstić information content (AvgIpc) is 3.68. The molecule has 10 aromatic rings. The minimum Gasteiger partial charge on any atom is -0.309 e. The summed E-state index contributed by atoms with van der Waals surface area (Å²) >= 11 is 0. The van der Waals surface area contributed by atoms with Gasteiger partial charge in [-0.15, -0.1) is 0 Å². The Bertz CT molecular complexity index is 2950. The first-order valence-corrected chi connectivity index (χ1v) is 16.3. The molecule has 0 aliphatic rings. The third-order valence-electron chi connectivity index (χ3n) is 9.90. The number of nitrogens with zero attached hydrogens (tertiary/aromatic N) is 3. The van der Waals surface area contributed by atoms with Crippen LogP contribution >= 0.6 is 0 Å². The molecule has 0 spiro atoms. The second-order valence-corrected chi connectivity index (χ2v) is 12.5. The van der Waals surface area contributed by atoms with Crippen LogP contribution in [0.25, 0.3) is 87.7 Å². The number of aromatic nitrogens is 2. The lowest BCUT2D eigenvalue weighted by atomic mass is 9.97. The molecule has 0 amide bonds. The van der Waals surface area contributed by atoms with Crippen LogP contribution in [-0.4, -0.2) is 9.13 Å². The highest BCUT2D eigenvalue weighted by Crippen LogP contribution is 2.43. The molecule has 0 saturated carbocycles. The van der Waals surface area contributed by atoms with Crippen molar-refractivity contribution in [1.29, 1.82) is 5.26 Å². The number of rotatable bonds is 3. The largest absolute Gasteiger partial charge is 0.309 e. The highest BCUT2D eigenvalue weighted by atomic mass is 15.0. The summed E-state index contributed by atoms with van der Waals surface area (Å²) in [4.78, 5) is 0. The zero-order valence-corrected chi connectivity index (χ0v) is 25.9. The summed E-state index contributed by atoms with van der Waals surface area (Å²) in [5.41, 5.74) is 10.1. The van der Waals surface area contributed by atoms with Crippen LogP contribution in [0.1, 0.15) is 5.56 Å². The SMILES string of the molecule is N#Cc1ccc2c(ccc3cc(-n4c5ccccc5c5c(-c6cccc7c8ccccc8n(-c8ccccc8)c67)cccc54)ccc32)c1. The molecule has 0 saturated heterocycles. The molecule has 0 fully saturated rings. The lowest BCUT2D eigenvalue weighted by Gasteiger charge is -2.13. The van der Waals surface area contributed by atoms with Gasteiger partial charge in [-0.2, -0.15) is 5.26 Å². The zero-order chi connectivity index (χ0) is 31.8. The van der Waals surface area contributed by atoms with Gasteiger partial charge >= 0.3 is 0 Å². The molecule has 2 heterocycles. The normalized spacial score (nSPS) is 11.7. The summed E-state index contributed by atoms with van der Waals surface area (Å²) in [5.74, 6) is 0. The van der Waals surface area contributed by atoms with Crippen molar-refractivity contribution in [2.75, 3.05) is 0 Å². The minimum atomic E-state index is 0.680. The summed E-state index contributed by atoms with van der Waals surface area (Å²) in [7, 11) is 0. The van der Waals surface area contributed by atoms with Gasteiger partial charge in [0.25, 0.3) is 0 Å². The maximum atomic E-state index is 9.41. The third kappa shape index (κ3) is 3.75. The van der Waals surface area contributed by atoms with E-state index in [9.17, 15) is 5.26 Å². The lowest BCUT2D eigenvalue weighted by Crippen LogP contribution is -1.96. The molecule has 0 unspecified atom stereocenters. The molecule has 48 heavy (non-hydrogen) atoms. The summed E-state index contributed by atoms with van der Waals surface area (Å²) in [6.45, 7) is 0. The van der Waals surface area contributed by atoms with Gasteiger partial charge in [0.05, 0.1) is 33.7 Å². The van der Waals surface area contributed by atoms with Crippen molar-refractivity contribution in [2.45, 2.75) is 0 Å². The van der Waals surface area contributed by atoms with Gasteiger partial charge in [0, 0.05) is 38.5 Å². The van der Waals surface area contributed by atoms with Gasteiger partial charge in [-0.05, 0) is 81.7 Å². The molecule has 3 heteroatoms. The Labute approximate surface area is 276 Å². The fourth-order valence-electron chi connectivity index (χ4n) is 7.87. The van der Waals surface area contributed by atoms with Crippen molar-refractivity contribution >= 4 is 65.2 Å². The van der Waals surface area contributed by atoms with Crippen LogP contribution in [0.4, 0.5) is 0 Å². The summed E-state index contributed by atoms with van der Waals surface area (Å²) < 4.78 is 4.83. The number of nitriles is 1. The predicted octanol–water partition coefficient (Wildman–Crippen LogP) is 11.7. The molecule has 2 aromatic heterocycles. The van der Waals surface area contributed by atoms with Crippen LogP contribution in [0.3, 0.4) is 0 Å². The molecular weight excluding hydrogens is 583 g/mol. The Morgan fingerprint density at radius 3 is 1.83 bits per heavy atom. The van der Waals surface area contributed by atoms with Crippen molar-refractivity contribution in [3.05, 3.63) is 169 Å². The Morgan fingerprint density at radius 1 is 0.396 bits per heavy atom. The van der Waals surface area contributed by atoms with Crippen LogP contribution in [0.15, 0.2) is 164 Å². The predicted molar refractivity (Wildman–Crippen MR) is 200 cm³/mol. The molecule has 0 bridgehead atoms. The quantitative estimate of drug-likeness (QED) is 0.183. The molecule has 0 N–H and O–H groups in total. The van der Waals surface area contributed by atoms with Gasteiger partial charge in [0.2, 0.25) is 0 Å². The fraction of sp³-hybridized carbons (Fsp3) is 0. The minimum absolute atomic E-state index is 0.680. The highest BCUT2D eigenvalue weighted by molar-refractivity contribution is 6.21. The van der Waals surface area contributed by atoms with Gasteiger partial charge in [-0.25, -0.2) is 0 Å². The van der Waals surface area contributed by atoms with Gasteiger partial charge in [0.1, 0.15) is 0 Å². The third-order valence-corrected chi connectivity index (χ3v) is 9.90. The van der Waals surface area contributed by atoms with E-state index < -0.39 is 0 Å². The van der Waals surface area contributed by atoms with E-state index in [1.807, 2.05) is 12.1 Å². The molecule has 8 aromatic carbocycles. The van der Waals surface area contributed by atoms with Crippen LogP contribution in [0, 0.1) is 11.3 Å². The standard InChI is InChI=1S/C45H27N3/c46-28-29-20-24-34-30(26-29)21-22-31-27-33(23-25-35(31)34)47-42-18-7-5-13-40(42)44-37(14-9-19-43(44)47)39-16-8-15-38-36-12-4-6-17-41(36)48(45(38)39)32-10-2-1-3-11-32/h1-27H. The van der Waals surface area contributed by atoms with Gasteiger partial charge in [-0.3, -0.25) is 0 Å². The van der Waals surface area contributed by atoms with Gasteiger partial charge < -0.3 is 9.13 Å². The summed E-state index contributed by atoms with van der Waals surface area (Å²) in [6.07, 6.45) is 0. The Hall–Kier alpha value is -6.63. The van der Waals surface area contributed by atoms with E-state index in [0.29, 0.717) is 5.56 Å². The smallest absolute Gasteiger partial charge is 0.0991 e. The van der Waals surface area contributed by atoms with Crippen molar-refractivity contribution < 1.29 is 0 Å². The topological polar surface area (TPSA) is 33.6 Å². The second-order valence-electron chi connectivity index (χ2n) is 12.5. The lowest BCUT2D eigenvalue weighted by molar-refractivity contribution is 1.18. The van der Waals surface area contributed by atoms with Crippen LogP contribution in [0.2, 0.25) is 0 Å². The molecule has 0 radical (unpaired) electrons. The molecule has 0 aliphatic heterocycles. The van der Waals surface area contributed by atoms with Crippen molar-refractivity contribution in [3.8, 4) is 28.6 Å². The van der Waals surface area contributed by atoms with E-state index in [1.165, 1.54) is 65.5 Å². The molecule has 0 atom stereocenters. The first-order valence-electron chi connectivity index (χ1n) is 16.3. The van der Waals surface area contributed by atoms with E-state index in [1.54, 1.807) is 0 Å². The Morgan fingerprint density at radius 2 is 1.02 bits per heavy atom. The molecule has 222 valence electrons. The number of fused-ring (bicyclic) bond motifs is 9. The van der Waals surface area contributed by atoms with Gasteiger partial charge in [0.15, 0.2) is 0 Å². The molecule has 10 rings (SSSR count). The van der Waals surface area contributed by atoms with Crippen LogP contribution in [0.5, 0.6) is 0 Å². The van der Waals surface area contributed by atoms with E-state index in [2.05, 4.69) is 167 Å². The van der Waals surface area contributed by atoms with E-state index >= 15 is 0 Å². The number of para-hydroxylation sites is 4. The first kappa shape index (κ1) is 26.6. The van der Waals surface area contributed by atoms with Crippen molar-refractivity contribution in [2.24, 2.45) is 0 Å².